The maximum absolute atomic E-state index is 12.8. The molecule has 0 aliphatic carbocycles. The molecular weight excluding hydrogens is 249 g/mol. The predicted molar refractivity (Wildman–Crippen MR) is 66.7 cm³/mol. The molecule has 0 aromatic heterocycles. The van der Waals surface area contributed by atoms with Crippen molar-refractivity contribution in [3.8, 4) is 0 Å². The summed E-state index contributed by atoms with van der Waals surface area (Å²) in [6, 6.07) is 0. The first-order valence-corrected chi connectivity index (χ1v) is 10.1. The summed E-state index contributed by atoms with van der Waals surface area (Å²) in [7, 11) is -3.09. The van der Waals surface area contributed by atoms with Gasteiger partial charge in [-0.1, -0.05) is 18.7 Å². The normalized spacial score (nSPS) is 17.4. The summed E-state index contributed by atoms with van der Waals surface area (Å²) in [5.74, 6) is -1.55. The average Bonchev–Trinajstić information content (AvgIpc) is 2.11. The average molecular weight is 268 g/mol. The molecule has 0 aliphatic heterocycles. The Morgan fingerprint density at radius 2 is 1.75 bits per heavy atom. The van der Waals surface area contributed by atoms with Gasteiger partial charge in [-0.3, -0.25) is 0 Å². The van der Waals surface area contributed by atoms with E-state index in [2.05, 4.69) is 13.2 Å². The number of hydrogen-bond acceptors (Lipinski definition) is 1. The Bertz CT molecular complexity index is 251. The van der Waals surface area contributed by atoms with Crippen molar-refractivity contribution in [2.75, 3.05) is 0 Å². The van der Waals surface area contributed by atoms with Gasteiger partial charge >= 0.3 is 6.18 Å². The summed E-state index contributed by atoms with van der Waals surface area (Å²) < 4.78 is 44.0. The van der Waals surface area contributed by atoms with Crippen molar-refractivity contribution in [2.24, 2.45) is 5.92 Å². The molecule has 1 nitrogen and oxygen atoms in total. The van der Waals surface area contributed by atoms with Gasteiger partial charge in [0.05, 0.1) is 5.92 Å². The van der Waals surface area contributed by atoms with Crippen molar-refractivity contribution < 1.29 is 17.3 Å². The summed E-state index contributed by atoms with van der Waals surface area (Å²) in [4.78, 5) is 0. The van der Waals surface area contributed by atoms with Gasteiger partial charge < -0.3 is 4.12 Å². The summed E-state index contributed by atoms with van der Waals surface area (Å²) in [6.07, 6.45) is -1.94. The van der Waals surface area contributed by atoms with E-state index in [9.17, 15) is 13.2 Å². The van der Waals surface area contributed by atoms with Gasteiger partial charge in [-0.2, -0.15) is 13.2 Å². The zero-order valence-electron chi connectivity index (χ0n) is 9.97. The third-order valence-electron chi connectivity index (χ3n) is 2.59. The number of halogens is 3. The molecule has 0 aliphatic rings. The maximum Gasteiger partial charge on any atom is 0.395 e. The fourth-order valence-corrected chi connectivity index (χ4v) is 7.32. The van der Waals surface area contributed by atoms with Gasteiger partial charge in [0.15, 0.2) is 8.32 Å². The van der Waals surface area contributed by atoms with Crippen molar-refractivity contribution in [1.29, 1.82) is 0 Å². The van der Waals surface area contributed by atoms with Crippen LogP contribution in [0.3, 0.4) is 0 Å². The van der Waals surface area contributed by atoms with Gasteiger partial charge in [0.25, 0.3) is 0 Å². The lowest BCUT2D eigenvalue weighted by molar-refractivity contribution is -0.160. The molecule has 0 heterocycles. The molecule has 6 heteroatoms. The van der Waals surface area contributed by atoms with E-state index in [1.807, 2.05) is 6.55 Å². The molecule has 0 bridgehead atoms. The zero-order chi connectivity index (χ0) is 13.0. The molecule has 0 fully saturated rings. The van der Waals surface area contributed by atoms with Gasteiger partial charge in [-0.05, 0) is 13.1 Å². The highest BCUT2D eigenvalue weighted by atomic mass is 28.4. The van der Waals surface area contributed by atoms with Crippen LogP contribution in [0.15, 0.2) is 25.3 Å². The van der Waals surface area contributed by atoms with Gasteiger partial charge in [0.2, 0.25) is 0 Å². The molecule has 2 unspecified atom stereocenters. The Balaban J connectivity index is 5.10. The molecule has 16 heavy (non-hydrogen) atoms. The van der Waals surface area contributed by atoms with Crippen LogP contribution in [0.2, 0.25) is 25.2 Å². The van der Waals surface area contributed by atoms with E-state index in [4.69, 9.17) is 4.12 Å². The summed E-state index contributed by atoms with van der Waals surface area (Å²) >= 11 is 0. The quantitative estimate of drug-likeness (QED) is 0.531. The molecule has 0 aromatic rings. The third-order valence-corrected chi connectivity index (χ3v) is 8.92. The third kappa shape index (κ3) is 3.91. The highest BCUT2D eigenvalue weighted by Crippen LogP contribution is 2.42. The van der Waals surface area contributed by atoms with Crippen molar-refractivity contribution >= 4 is 18.1 Å². The van der Waals surface area contributed by atoms with E-state index in [1.54, 1.807) is 13.1 Å². The van der Waals surface area contributed by atoms with Gasteiger partial charge in [0.1, 0.15) is 9.76 Å². The second-order valence-corrected chi connectivity index (χ2v) is 9.71. The van der Waals surface area contributed by atoms with E-state index in [-0.39, 0.29) is 0 Å². The highest BCUT2D eigenvalue weighted by molar-refractivity contribution is 6.76. The van der Waals surface area contributed by atoms with E-state index >= 15 is 0 Å². The fourth-order valence-electron chi connectivity index (χ4n) is 1.81. The molecule has 0 radical (unpaired) electrons. The van der Waals surface area contributed by atoms with E-state index in [0.29, 0.717) is 0 Å². The first kappa shape index (κ1) is 15.7. The number of alkyl halides is 3. The van der Waals surface area contributed by atoms with Gasteiger partial charge in [-0.15, -0.1) is 13.2 Å². The van der Waals surface area contributed by atoms with E-state index < -0.39 is 35.7 Å². The Hall–Kier alpha value is -0.336. The molecule has 0 N–H and O–H groups in total. The van der Waals surface area contributed by atoms with Crippen molar-refractivity contribution in [3.05, 3.63) is 25.3 Å². The summed E-state index contributed by atoms with van der Waals surface area (Å²) in [6.45, 7) is 12.3. The van der Waals surface area contributed by atoms with Crippen molar-refractivity contribution in [1.82, 2.24) is 0 Å². The number of hydrogen-bond donors (Lipinski definition) is 0. The van der Waals surface area contributed by atoms with Crippen LogP contribution in [-0.2, 0) is 4.12 Å². The molecule has 0 aromatic carbocycles. The maximum atomic E-state index is 12.8. The zero-order valence-corrected chi connectivity index (χ0v) is 12.4. The molecule has 0 saturated carbocycles. The van der Waals surface area contributed by atoms with Crippen LogP contribution in [0.4, 0.5) is 13.2 Å². The Kier molecular flexibility index (Phi) is 5.71. The van der Waals surface area contributed by atoms with Crippen LogP contribution >= 0.6 is 0 Å². The molecule has 0 spiro atoms. The second kappa shape index (κ2) is 5.83. The Morgan fingerprint density at radius 3 is 2.00 bits per heavy atom. The van der Waals surface area contributed by atoms with Crippen LogP contribution in [0.5, 0.6) is 0 Å². The molecule has 0 saturated heterocycles. The van der Waals surface area contributed by atoms with Crippen LogP contribution in [0, 0.1) is 5.92 Å². The Labute approximate surface area is 98.5 Å². The first-order chi connectivity index (χ1) is 7.20. The largest absolute Gasteiger partial charge is 0.460 e. The van der Waals surface area contributed by atoms with Gasteiger partial charge in [-0.25, -0.2) is 0 Å². The van der Waals surface area contributed by atoms with E-state index in [1.165, 1.54) is 6.08 Å². The molecule has 0 amide bonds. The van der Waals surface area contributed by atoms with Crippen LogP contribution < -0.4 is 0 Å². The van der Waals surface area contributed by atoms with Crippen LogP contribution in [0.25, 0.3) is 0 Å². The van der Waals surface area contributed by atoms with E-state index in [0.717, 1.165) is 6.08 Å². The Morgan fingerprint density at radius 1 is 1.25 bits per heavy atom. The lowest BCUT2D eigenvalue weighted by Gasteiger charge is -2.35. The second-order valence-electron chi connectivity index (χ2n) is 4.10. The number of allylic oxidation sites excluding steroid dienone is 2. The van der Waals surface area contributed by atoms with Crippen molar-refractivity contribution in [3.63, 3.8) is 0 Å². The van der Waals surface area contributed by atoms with Crippen molar-refractivity contribution in [2.45, 2.75) is 31.4 Å². The smallest absolute Gasteiger partial charge is 0.395 e. The van der Waals surface area contributed by atoms with Crippen LogP contribution in [-0.4, -0.2) is 24.3 Å². The summed E-state index contributed by atoms with van der Waals surface area (Å²) in [5.41, 5.74) is -0.669. The topological polar surface area (TPSA) is 9.23 Å². The standard InChI is InChI=1S/C10H19F3OSi2/c1-6-8(10(11,12)13)9(7-2)16(4,5)14-15-3/h6-9H,1-2,15H2,3-5H3. The fraction of sp³-hybridized carbons (Fsp3) is 0.600. The lowest BCUT2D eigenvalue weighted by Crippen LogP contribution is -2.43. The number of rotatable bonds is 6. The molecular formula is C10H19F3OSi2. The minimum atomic E-state index is -4.27. The van der Waals surface area contributed by atoms with Gasteiger partial charge in [0, 0.05) is 5.54 Å². The minimum Gasteiger partial charge on any atom is -0.460 e. The first-order valence-electron chi connectivity index (χ1n) is 5.16. The monoisotopic (exact) mass is 268 g/mol. The highest BCUT2D eigenvalue weighted by Gasteiger charge is 2.48. The lowest BCUT2D eigenvalue weighted by atomic mass is 10.1. The van der Waals surface area contributed by atoms with Crippen LogP contribution in [0.1, 0.15) is 0 Å². The minimum absolute atomic E-state index is 0.669. The SMILES string of the molecule is C=CC(C(C=C)[Si](C)(C)O[SiH2]C)C(F)(F)F. The molecule has 94 valence electrons. The predicted octanol–water partition coefficient (Wildman–Crippen LogP) is 3.26. The molecule has 0 rings (SSSR count). The summed E-state index contributed by atoms with van der Waals surface area (Å²) in [5, 5.41) is 0. The molecule has 2 atom stereocenters.